The van der Waals surface area contributed by atoms with Crippen LogP contribution in [0.15, 0.2) is 12.1 Å². The van der Waals surface area contributed by atoms with Crippen LogP contribution in [0.25, 0.3) is 5.65 Å². The summed E-state index contributed by atoms with van der Waals surface area (Å²) in [6.45, 7) is 7.44. The van der Waals surface area contributed by atoms with Crippen LogP contribution in [0, 0.1) is 6.92 Å². The Morgan fingerprint density at radius 1 is 1.31 bits per heavy atom. The van der Waals surface area contributed by atoms with Gasteiger partial charge < -0.3 is 9.64 Å². The van der Waals surface area contributed by atoms with Crippen molar-refractivity contribution in [2.75, 3.05) is 18.1 Å². The van der Waals surface area contributed by atoms with Crippen molar-refractivity contribution in [3.05, 3.63) is 23.5 Å². The monoisotopic (exact) mass is 358 g/mol. The molecule has 0 saturated carbocycles. The number of fused-ring (bicyclic) bond motifs is 1. The number of aryl methyl sites for hydroxylation is 2. The van der Waals surface area contributed by atoms with E-state index in [1.165, 1.54) is 0 Å². The molecule has 142 valence electrons. The SMILES string of the molecule is CCCCc1cc2nc(C)cc(N3CCCC[C@@H]3CC(=O)OCC)n2n1. The van der Waals surface area contributed by atoms with Gasteiger partial charge in [-0.2, -0.15) is 9.61 Å². The molecule has 2 aromatic rings. The second-order valence-electron chi connectivity index (χ2n) is 7.12. The van der Waals surface area contributed by atoms with Gasteiger partial charge in [0, 0.05) is 30.4 Å². The Balaban J connectivity index is 1.92. The molecule has 0 spiro atoms. The lowest BCUT2D eigenvalue weighted by molar-refractivity contribution is -0.143. The lowest BCUT2D eigenvalue weighted by atomic mass is 9.99. The van der Waals surface area contributed by atoms with E-state index in [-0.39, 0.29) is 12.0 Å². The highest BCUT2D eigenvalue weighted by molar-refractivity contribution is 5.71. The van der Waals surface area contributed by atoms with Crippen molar-refractivity contribution < 1.29 is 9.53 Å². The first-order valence-electron chi connectivity index (χ1n) is 9.91. The summed E-state index contributed by atoms with van der Waals surface area (Å²) >= 11 is 0. The number of hydrogen-bond acceptors (Lipinski definition) is 5. The number of carbonyl (C=O) groups is 1. The third-order valence-electron chi connectivity index (χ3n) is 5.00. The molecule has 6 nitrogen and oxygen atoms in total. The van der Waals surface area contributed by atoms with Crippen LogP contribution in [0.3, 0.4) is 0 Å². The first-order valence-corrected chi connectivity index (χ1v) is 9.91. The zero-order valence-corrected chi connectivity index (χ0v) is 16.2. The Morgan fingerprint density at radius 2 is 2.15 bits per heavy atom. The predicted molar refractivity (Wildman–Crippen MR) is 103 cm³/mol. The third kappa shape index (κ3) is 4.17. The number of esters is 1. The molecule has 26 heavy (non-hydrogen) atoms. The summed E-state index contributed by atoms with van der Waals surface area (Å²) in [5, 5.41) is 4.81. The summed E-state index contributed by atoms with van der Waals surface area (Å²) in [6, 6.07) is 4.35. The number of aromatic nitrogens is 3. The van der Waals surface area contributed by atoms with E-state index in [0.29, 0.717) is 13.0 Å². The molecule has 1 saturated heterocycles. The van der Waals surface area contributed by atoms with E-state index in [0.717, 1.165) is 67.9 Å². The minimum Gasteiger partial charge on any atom is -0.466 e. The maximum Gasteiger partial charge on any atom is 0.307 e. The minimum atomic E-state index is -0.115. The van der Waals surface area contributed by atoms with Crippen molar-refractivity contribution in [1.82, 2.24) is 14.6 Å². The molecule has 3 rings (SSSR count). The van der Waals surface area contributed by atoms with Crippen molar-refractivity contribution in [2.45, 2.75) is 71.8 Å². The van der Waals surface area contributed by atoms with Crippen LogP contribution in [0.1, 0.15) is 63.8 Å². The van der Waals surface area contributed by atoms with Crippen molar-refractivity contribution in [1.29, 1.82) is 0 Å². The fourth-order valence-electron chi connectivity index (χ4n) is 3.74. The Bertz CT molecular complexity index is 756. The largest absolute Gasteiger partial charge is 0.466 e. The van der Waals surface area contributed by atoms with Crippen molar-refractivity contribution in [3.8, 4) is 0 Å². The van der Waals surface area contributed by atoms with Gasteiger partial charge in [-0.1, -0.05) is 13.3 Å². The zero-order valence-electron chi connectivity index (χ0n) is 16.2. The number of ether oxygens (including phenoxy) is 1. The van der Waals surface area contributed by atoms with Crippen molar-refractivity contribution in [2.24, 2.45) is 0 Å². The fraction of sp³-hybridized carbons (Fsp3) is 0.650. The highest BCUT2D eigenvalue weighted by Gasteiger charge is 2.27. The third-order valence-corrected chi connectivity index (χ3v) is 5.00. The molecule has 1 atom stereocenters. The summed E-state index contributed by atoms with van der Waals surface area (Å²) in [6.07, 6.45) is 6.98. The number of hydrogen-bond donors (Lipinski definition) is 0. The molecule has 3 heterocycles. The highest BCUT2D eigenvalue weighted by atomic mass is 16.5. The van der Waals surface area contributed by atoms with Crippen LogP contribution in [0.2, 0.25) is 0 Å². The van der Waals surface area contributed by atoms with Crippen molar-refractivity contribution >= 4 is 17.4 Å². The lowest BCUT2D eigenvalue weighted by Gasteiger charge is -2.37. The summed E-state index contributed by atoms with van der Waals surface area (Å²) in [5.74, 6) is 0.930. The summed E-state index contributed by atoms with van der Waals surface area (Å²) in [4.78, 5) is 19.0. The maximum absolute atomic E-state index is 12.1. The second-order valence-corrected chi connectivity index (χ2v) is 7.12. The zero-order chi connectivity index (χ0) is 18.5. The van der Waals surface area contributed by atoms with E-state index in [1.807, 2.05) is 18.4 Å². The van der Waals surface area contributed by atoms with E-state index >= 15 is 0 Å². The molecule has 1 aliphatic heterocycles. The maximum atomic E-state index is 12.1. The Hall–Kier alpha value is -2.11. The van der Waals surface area contributed by atoms with Gasteiger partial charge in [0.05, 0.1) is 18.7 Å². The molecule has 0 amide bonds. The molecule has 0 N–H and O–H groups in total. The molecule has 0 aromatic carbocycles. The van der Waals surface area contributed by atoms with Crippen LogP contribution >= 0.6 is 0 Å². The van der Waals surface area contributed by atoms with E-state index in [4.69, 9.17) is 9.84 Å². The second kappa shape index (κ2) is 8.52. The molecule has 0 bridgehead atoms. The van der Waals surface area contributed by atoms with E-state index in [1.54, 1.807) is 0 Å². The van der Waals surface area contributed by atoms with Gasteiger partial charge in [0.15, 0.2) is 5.65 Å². The number of anilines is 1. The molecule has 1 aliphatic rings. The molecular weight excluding hydrogens is 328 g/mol. The van der Waals surface area contributed by atoms with Gasteiger partial charge in [-0.05, 0) is 46.0 Å². The molecule has 2 aromatic heterocycles. The number of piperidine rings is 1. The summed E-state index contributed by atoms with van der Waals surface area (Å²) < 4.78 is 7.15. The molecule has 1 fully saturated rings. The van der Waals surface area contributed by atoms with Crippen LogP contribution in [0.5, 0.6) is 0 Å². The summed E-state index contributed by atoms with van der Waals surface area (Å²) in [7, 11) is 0. The van der Waals surface area contributed by atoms with E-state index in [2.05, 4.69) is 28.9 Å². The molecule has 0 unspecified atom stereocenters. The Labute approximate surface area is 155 Å². The topological polar surface area (TPSA) is 59.7 Å². The highest BCUT2D eigenvalue weighted by Crippen LogP contribution is 2.28. The van der Waals surface area contributed by atoms with Gasteiger partial charge in [-0.15, -0.1) is 0 Å². The fourth-order valence-corrected chi connectivity index (χ4v) is 3.74. The smallest absolute Gasteiger partial charge is 0.307 e. The van der Waals surface area contributed by atoms with Crippen molar-refractivity contribution in [3.63, 3.8) is 0 Å². The van der Waals surface area contributed by atoms with Gasteiger partial charge in [-0.25, -0.2) is 4.98 Å². The van der Waals surface area contributed by atoms with Crippen LogP contribution < -0.4 is 4.90 Å². The number of carbonyl (C=O) groups excluding carboxylic acids is 1. The molecule has 0 radical (unpaired) electrons. The number of nitrogens with zero attached hydrogens (tertiary/aromatic N) is 4. The van der Waals surface area contributed by atoms with Crippen LogP contribution in [0.4, 0.5) is 5.82 Å². The first kappa shape index (κ1) is 18.7. The normalized spacial score (nSPS) is 17.7. The number of unbranched alkanes of at least 4 members (excludes halogenated alkanes) is 1. The predicted octanol–water partition coefficient (Wildman–Crippen LogP) is 3.69. The number of rotatable bonds is 7. The lowest BCUT2D eigenvalue weighted by Crippen LogP contribution is -2.42. The standard InChI is InChI=1S/C20H30N4O2/c1-4-6-9-16-13-18-21-15(3)12-19(24(18)22-16)23-11-8-7-10-17(23)14-20(25)26-5-2/h12-13,17H,4-11,14H2,1-3H3/t17-/m1/s1. The van der Waals surface area contributed by atoms with Gasteiger partial charge >= 0.3 is 5.97 Å². The average Bonchev–Trinajstić information content (AvgIpc) is 3.02. The van der Waals surface area contributed by atoms with Crippen LogP contribution in [-0.2, 0) is 16.0 Å². The first-order chi connectivity index (χ1) is 12.6. The quantitative estimate of drug-likeness (QED) is 0.707. The van der Waals surface area contributed by atoms with Gasteiger partial charge in [-0.3, -0.25) is 4.79 Å². The Kier molecular flexibility index (Phi) is 6.12. The van der Waals surface area contributed by atoms with Gasteiger partial charge in [0.2, 0.25) is 0 Å². The molecule has 0 aliphatic carbocycles. The van der Waals surface area contributed by atoms with Crippen LogP contribution in [-0.4, -0.2) is 39.8 Å². The van der Waals surface area contributed by atoms with E-state index in [9.17, 15) is 4.79 Å². The van der Waals surface area contributed by atoms with Gasteiger partial charge in [0.25, 0.3) is 0 Å². The van der Waals surface area contributed by atoms with Gasteiger partial charge in [0.1, 0.15) is 5.82 Å². The minimum absolute atomic E-state index is 0.115. The summed E-state index contributed by atoms with van der Waals surface area (Å²) in [5.41, 5.74) is 2.96. The molecule has 6 heteroatoms. The van der Waals surface area contributed by atoms with E-state index < -0.39 is 0 Å². The average molecular weight is 358 g/mol. The Morgan fingerprint density at radius 3 is 2.92 bits per heavy atom. The molecular formula is C20H30N4O2.